The van der Waals surface area contributed by atoms with Crippen molar-refractivity contribution < 1.29 is 19.0 Å². The smallest absolute Gasteiger partial charge is 0.252 e. The quantitative estimate of drug-likeness (QED) is 0.821. The Morgan fingerprint density at radius 2 is 1.85 bits per heavy atom. The SMILES string of the molecule is COc1cc2[nH]c(=O)c(CN3CCCNC(=O)C3)cc2c(OC)c1OC. The predicted octanol–water partition coefficient (Wildman–Crippen LogP) is 0.876. The fourth-order valence-corrected chi connectivity index (χ4v) is 3.23. The first-order chi connectivity index (χ1) is 12.6. The van der Waals surface area contributed by atoms with Gasteiger partial charge in [0.25, 0.3) is 5.56 Å². The van der Waals surface area contributed by atoms with Crippen LogP contribution >= 0.6 is 0 Å². The molecule has 3 rings (SSSR count). The van der Waals surface area contributed by atoms with Crippen molar-refractivity contribution in [1.82, 2.24) is 15.2 Å². The molecule has 0 unspecified atom stereocenters. The number of aromatic amines is 1. The number of benzene rings is 1. The van der Waals surface area contributed by atoms with Gasteiger partial charge in [0.2, 0.25) is 11.7 Å². The summed E-state index contributed by atoms with van der Waals surface area (Å²) >= 11 is 0. The van der Waals surface area contributed by atoms with Crippen molar-refractivity contribution in [2.45, 2.75) is 13.0 Å². The summed E-state index contributed by atoms with van der Waals surface area (Å²) in [5, 5.41) is 3.55. The summed E-state index contributed by atoms with van der Waals surface area (Å²) in [5.74, 6) is 1.41. The molecule has 1 fully saturated rings. The van der Waals surface area contributed by atoms with Crippen LogP contribution in [-0.4, -0.2) is 56.8 Å². The fraction of sp³-hybridized carbons (Fsp3) is 0.444. The molecule has 1 amide bonds. The number of fused-ring (bicyclic) bond motifs is 1. The van der Waals surface area contributed by atoms with Crippen LogP contribution in [0.1, 0.15) is 12.0 Å². The third kappa shape index (κ3) is 3.45. The maximum absolute atomic E-state index is 12.5. The molecule has 0 radical (unpaired) electrons. The first-order valence-electron chi connectivity index (χ1n) is 8.41. The zero-order chi connectivity index (χ0) is 18.7. The van der Waals surface area contributed by atoms with Crippen molar-refractivity contribution in [1.29, 1.82) is 0 Å². The molecule has 1 aromatic carbocycles. The molecule has 8 nitrogen and oxygen atoms in total. The van der Waals surface area contributed by atoms with E-state index >= 15 is 0 Å². The van der Waals surface area contributed by atoms with E-state index in [-0.39, 0.29) is 18.0 Å². The minimum absolute atomic E-state index is 0.0243. The molecule has 0 saturated carbocycles. The second-order valence-corrected chi connectivity index (χ2v) is 6.14. The molecule has 0 bridgehead atoms. The van der Waals surface area contributed by atoms with Crippen LogP contribution in [0.15, 0.2) is 16.9 Å². The topological polar surface area (TPSA) is 92.9 Å². The lowest BCUT2D eigenvalue weighted by atomic mass is 10.1. The van der Waals surface area contributed by atoms with Crippen LogP contribution in [0.2, 0.25) is 0 Å². The molecule has 1 aliphatic heterocycles. The van der Waals surface area contributed by atoms with Gasteiger partial charge < -0.3 is 24.5 Å². The molecule has 2 heterocycles. The number of carbonyl (C=O) groups is 1. The number of rotatable bonds is 5. The zero-order valence-corrected chi connectivity index (χ0v) is 15.2. The second kappa shape index (κ2) is 7.65. The lowest BCUT2D eigenvalue weighted by molar-refractivity contribution is -0.121. The summed E-state index contributed by atoms with van der Waals surface area (Å²) in [6.07, 6.45) is 0.853. The number of hydrogen-bond donors (Lipinski definition) is 2. The van der Waals surface area contributed by atoms with E-state index in [4.69, 9.17) is 14.2 Å². The van der Waals surface area contributed by atoms with E-state index < -0.39 is 0 Å². The molecule has 0 spiro atoms. The summed E-state index contributed by atoms with van der Waals surface area (Å²) in [6, 6.07) is 3.50. The Hall–Kier alpha value is -2.74. The number of ether oxygens (including phenoxy) is 3. The Bertz CT molecular complexity index is 877. The Morgan fingerprint density at radius 1 is 1.08 bits per heavy atom. The number of amides is 1. The molecule has 1 saturated heterocycles. The van der Waals surface area contributed by atoms with Crippen LogP contribution in [-0.2, 0) is 11.3 Å². The Kier molecular flexibility index (Phi) is 5.32. The van der Waals surface area contributed by atoms with Gasteiger partial charge in [0, 0.05) is 36.7 Å². The van der Waals surface area contributed by atoms with Gasteiger partial charge in [-0.15, -0.1) is 0 Å². The molecule has 0 aliphatic carbocycles. The highest BCUT2D eigenvalue weighted by Gasteiger charge is 2.20. The molecule has 1 aliphatic rings. The maximum Gasteiger partial charge on any atom is 0.252 e. The highest BCUT2D eigenvalue weighted by atomic mass is 16.5. The number of H-pyrrole nitrogens is 1. The van der Waals surface area contributed by atoms with Crippen LogP contribution in [0.3, 0.4) is 0 Å². The van der Waals surface area contributed by atoms with Crippen LogP contribution in [0, 0.1) is 0 Å². The van der Waals surface area contributed by atoms with Crippen molar-refractivity contribution in [2.75, 3.05) is 41.0 Å². The van der Waals surface area contributed by atoms with Crippen LogP contribution < -0.4 is 25.1 Å². The molecular formula is C18H23N3O5. The summed E-state index contributed by atoms with van der Waals surface area (Å²) in [5.41, 5.74) is 0.969. The van der Waals surface area contributed by atoms with Gasteiger partial charge in [-0.05, 0) is 12.5 Å². The van der Waals surface area contributed by atoms with Gasteiger partial charge >= 0.3 is 0 Å². The number of nitrogens with zero attached hydrogens (tertiary/aromatic N) is 1. The van der Waals surface area contributed by atoms with Crippen molar-refractivity contribution in [3.05, 3.63) is 28.0 Å². The highest BCUT2D eigenvalue weighted by molar-refractivity contribution is 5.90. The monoisotopic (exact) mass is 361 g/mol. The van der Waals surface area contributed by atoms with Crippen molar-refractivity contribution >= 4 is 16.8 Å². The Balaban J connectivity index is 2.05. The van der Waals surface area contributed by atoms with Gasteiger partial charge in [0.05, 0.1) is 33.4 Å². The molecule has 140 valence electrons. The van der Waals surface area contributed by atoms with Crippen molar-refractivity contribution in [2.24, 2.45) is 0 Å². The normalized spacial score (nSPS) is 15.4. The highest BCUT2D eigenvalue weighted by Crippen LogP contribution is 2.42. The first-order valence-corrected chi connectivity index (χ1v) is 8.41. The maximum atomic E-state index is 12.5. The first kappa shape index (κ1) is 18.1. The third-order valence-electron chi connectivity index (χ3n) is 4.46. The fourth-order valence-electron chi connectivity index (χ4n) is 3.23. The van der Waals surface area contributed by atoms with Crippen LogP contribution in [0.5, 0.6) is 17.2 Å². The second-order valence-electron chi connectivity index (χ2n) is 6.14. The molecule has 2 aromatic rings. The van der Waals surface area contributed by atoms with E-state index in [0.717, 1.165) is 18.4 Å². The van der Waals surface area contributed by atoms with Gasteiger partial charge in [-0.25, -0.2) is 0 Å². The standard InChI is InChI=1S/C18H23N3O5/c1-24-14-8-13-12(16(25-2)17(14)26-3)7-11(18(23)20-13)9-21-6-4-5-19-15(22)10-21/h7-8H,4-6,9-10H2,1-3H3,(H,19,22)(H,20,23). The van der Waals surface area contributed by atoms with Gasteiger partial charge in [0.1, 0.15) is 0 Å². The average molecular weight is 361 g/mol. The van der Waals surface area contributed by atoms with E-state index in [1.807, 2.05) is 4.90 Å². The van der Waals surface area contributed by atoms with E-state index in [0.29, 0.717) is 41.4 Å². The van der Waals surface area contributed by atoms with E-state index in [9.17, 15) is 9.59 Å². The number of aromatic nitrogens is 1. The van der Waals surface area contributed by atoms with Crippen LogP contribution in [0.4, 0.5) is 0 Å². The van der Waals surface area contributed by atoms with E-state index in [1.165, 1.54) is 14.2 Å². The number of methoxy groups -OCH3 is 3. The van der Waals surface area contributed by atoms with Gasteiger partial charge in [-0.1, -0.05) is 0 Å². The molecule has 26 heavy (non-hydrogen) atoms. The molecule has 2 N–H and O–H groups in total. The number of nitrogens with one attached hydrogen (secondary N) is 2. The van der Waals surface area contributed by atoms with Gasteiger partial charge in [0.15, 0.2) is 11.5 Å². The summed E-state index contributed by atoms with van der Waals surface area (Å²) in [4.78, 5) is 29.1. The Labute approximate surface area is 151 Å². The number of carbonyl (C=O) groups excluding carboxylic acids is 1. The summed E-state index contributed by atoms with van der Waals surface area (Å²) < 4.78 is 16.2. The molecule has 8 heteroatoms. The zero-order valence-electron chi connectivity index (χ0n) is 15.2. The lowest BCUT2D eigenvalue weighted by Crippen LogP contribution is -2.34. The number of pyridine rings is 1. The minimum Gasteiger partial charge on any atom is -0.493 e. The minimum atomic E-state index is -0.198. The molecular weight excluding hydrogens is 338 g/mol. The molecule has 0 atom stereocenters. The van der Waals surface area contributed by atoms with Gasteiger partial charge in [-0.3, -0.25) is 14.5 Å². The van der Waals surface area contributed by atoms with E-state index in [2.05, 4.69) is 10.3 Å². The van der Waals surface area contributed by atoms with Crippen molar-refractivity contribution in [3.8, 4) is 17.2 Å². The average Bonchev–Trinajstić information content (AvgIpc) is 2.84. The predicted molar refractivity (Wildman–Crippen MR) is 97.1 cm³/mol. The summed E-state index contributed by atoms with van der Waals surface area (Å²) in [6.45, 7) is 2.07. The lowest BCUT2D eigenvalue weighted by Gasteiger charge is -2.19. The molecule has 1 aromatic heterocycles. The Morgan fingerprint density at radius 3 is 2.54 bits per heavy atom. The number of hydrogen-bond acceptors (Lipinski definition) is 6. The van der Waals surface area contributed by atoms with Crippen molar-refractivity contribution in [3.63, 3.8) is 0 Å². The summed E-state index contributed by atoms with van der Waals surface area (Å²) in [7, 11) is 4.61. The van der Waals surface area contributed by atoms with Crippen LogP contribution in [0.25, 0.3) is 10.9 Å². The van der Waals surface area contributed by atoms with Gasteiger partial charge in [-0.2, -0.15) is 0 Å². The largest absolute Gasteiger partial charge is 0.493 e. The third-order valence-corrected chi connectivity index (χ3v) is 4.46. The van der Waals surface area contributed by atoms with E-state index in [1.54, 1.807) is 19.2 Å².